The molecule has 0 N–H and O–H groups in total. The van der Waals surface area contributed by atoms with Crippen molar-refractivity contribution in [3.8, 4) is 0 Å². The number of hydrogen-bond acceptors (Lipinski definition) is 6. The van der Waals surface area contributed by atoms with E-state index in [0.717, 1.165) is 109 Å². The van der Waals surface area contributed by atoms with Gasteiger partial charge in [-0.15, -0.1) is 0 Å². The molecule has 0 aliphatic carbocycles. The Hall–Kier alpha value is -3.41. The fourth-order valence-corrected chi connectivity index (χ4v) is 9.44. The van der Waals surface area contributed by atoms with E-state index in [1.807, 2.05) is 0 Å². The van der Waals surface area contributed by atoms with Crippen LogP contribution in [0.15, 0.2) is 85.1 Å². The molecule has 0 aromatic carbocycles. The van der Waals surface area contributed by atoms with Crippen molar-refractivity contribution in [1.82, 2.24) is 0 Å². The lowest BCUT2D eigenvalue weighted by atomic mass is 10.0. The summed E-state index contributed by atoms with van der Waals surface area (Å²) in [5.41, 5.74) is 0. The van der Waals surface area contributed by atoms with Crippen LogP contribution in [0.3, 0.4) is 0 Å². The Morgan fingerprint density at radius 3 is 0.792 bits per heavy atom. The van der Waals surface area contributed by atoms with Gasteiger partial charge in [-0.2, -0.15) is 0 Å². The molecule has 6 heteroatoms. The van der Waals surface area contributed by atoms with Gasteiger partial charge in [0.2, 0.25) is 0 Å². The summed E-state index contributed by atoms with van der Waals surface area (Å²) in [6.07, 6.45) is 85.9. The highest BCUT2D eigenvalue weighted by Crippen LogP contribution is 2.17. The van der Waals surface area contributed by atoms with E-state index < -0.39 is 6.10 Å². The van der Waals surface area contributed by atoms with Gasteiger partial charge in [0.1, 0.15) is 13.2 Å². The predicted molar refractivity (Wildman–Crippen MR) is 334 cm³/mol. The molecule has 0 aromatic rings. The summed E-state index contributed by atoms with van der Waals surface area (Å²) in [4.78, 5) is 38.3. The van der Waals surface area contributed by atoms with Crippen molar-refractivity contribution in [2.24, 2.45) is 0 Å². The van der Waals surface area contributed by atoms with E-state index >= 15 is 0 Å². The van der Waals surface area contributed by atoms with Crippen molar-refractivity contribution >= 4 is 17.9 Å². The minimum absolute atomic E-state index is 0.0799. The number of unbranched alkanes of at least 4 members (excludes halogenated alkanes) is 35. The van der Waals surface area contributed by atoms with Gasteiger partial charge in [-0.3, -0.25) is 14.4 Å². The van der Waals surface area contributed by atoms with E-state index in [1.54, 1.807) is 0 Å². The van der Waals surface area contributed by atoms with Crippen LogP contribution in [0.25, 0.3) is 0 Å². The molecule has 0 radical (unpaired) electrons. The molecule has 0 saturated heterocycles. The Bertz CT molecular complexity index is 1470. The van der Waals surface area contributed by atoms with E-state index in [2.05, 4.69) is 106 Å². The van der Waals surface area contributed by atoms with E-state index in [4.69, 9.17) is 14.2 Å². The maximum atomic E-state index is 12.9. The van der Waals surface area contributed by atoms with Gasteiger partial charge in [0.05, 0.1) is 0 Å². The lowest BCUT2D eigenvalue weighted by Gasteiger charge is -2.18. The molecule has 0 spiro atoms. The van der Waals surface area contributed by atoms with Gasteiger partial charge in [0, 0.05) is 19.3 Å². The Kier molecular flexibility index (Phi) is 62.2. The molecule has 0 aromatic heterocycles. The molecule has 0 heterocycles. The van der Waals surface area contributed by atoms with Crippen LogP contribution in [0.5, 0.6) is 0 Å². The Balaban J connectivity index is 4.30. The topological polar surface area (TPSA) is 78.9 Å². The summed E-state index contributed by atoms with van der Waals surface area (Å²) in [5.74, 6) is -0.882. The van der Waals surface area contributed by atoms with Gasteiger partial charge in [-0.1, -0.05) is 298 Å². The monoisotopic (exact) mass is 1070 g/mol. The van der Waals surface area contributed by atoms with Crippen LogP contribution in [-0.2, 0) is 28.6 Å². The average molecular weight is 1070 g/mol. The second-order valence-electron chi connectivity index (χ2n) is 22.0. The molecule has 0 rings (SSSR count). The maximum absolute atomic E-state index is 12.9. The van der Waals surface area contributed by atoms with Gasteiger partial charge < -0.3 is 14.2 Å². The minimum Gasteiger partial charge on any atom is -0.462 e. The van der Waals surface area contributed by atoms with Crippen molar-refractivity contribution in [2.75, 3.05) is 13.2 Å². The smallest absolute Gasteiger partial charge is 0.306 e. The molecule has 6 nitrogen and oxygen atoms in total. The van der Waals surface area contributed by atoms with Crippen LogP contribution in [-0.4, -0.2) is 37.2 Å². The third kappa shape index (κ3) is 63.3. The van der Waals surface area contributed by atoms with Gasteiger partial charge in [0.25, 0.3) is 0 Å². The van der Waals surface area contributed by atoms with Crippen LogP contribution in [0.4, 0.5) is 0 Å². The largest absolute Gasteiger partial charge is 0.462 e. The van der Waals surface area contributed by atoms with Crippen molar-refractivity contribution in [3.05, 3.63) is 85.1 Å². The first-order valence-corrected chi connectivity index (χ1v) is 33.1. The van der Waals surface area contributed by atoms with Gasteiger partial charge >= 0.3 is 17.9 Å². The molecular weight excluding hydrogens is 949 g/mol. The van der Waals surface area contributed by atoms with Crippen LogP contribution in [0, 0.1) is 0 Å². The Morgan fingerprint density at radius 2 is 0.506 bits per heavy atom. The zero-order chi connectivity index (χ0) is 55.7. The highest BCUT2D eigenvalue weighted by molar-refractivity contribution is 5.71. The molecule has 0 aliphatic heterocycles. The fourth-order valence-electron chi connectivity index (χ4n) is 9.44. The van der Waals surface area contributed by atoms with Crippen molar-refractivity contribution in [3.63, 3.8) is 0 Å². The maximum Gasteiger partial charge on any atom is 0.306 e. The molecule has 1 atom stereocenters. The van der Waals surface area contributed by atoms with Gasteiger partial charge in [-0.05, 0) is 96.3 Å². The third-order valence-corrected chi connectivity index (χ3v) is 14.4. The molecule has 0 saturated carbocycles. The second kappa shape index (κ2) is 65.1. The molecule has 1 unspecified atom stereocenters. The quantitative estimate of drug-likeness (QED) is 0.0261. The number of rotatable bonds is 60. The number of hydrogen-bond donors (Lipinski definition) is 0. The number of ether oxygens (including phenoxy) is 3. The molecular formula is C71H124O6. The highest BCUT2D eigenvalue weighted by atomic mass is 16.6. The summed E-state index contributed by atoms with van der Waals surface area (Å²) < 4.78 is 16.9. The summed E-state index contributed by atoms with van der Waals surface area (Å²) in [6, 6.07) is 0. The molecule has 0 aliphatic rings. The third-order valence-electron chi connectivity index (χ3n) is 14.4. The van der Waals surface area contributed by atoms with Crippen LogP contribution in [0.1, 0.15) is 329 Å². The normalized spacial score (nSPS) is 12.6. The highest BCUT2D eigenvalue weighted by Gasteiger charge is 2.19. The lowest BCUT2D eigenvalue weighted by molar-refractivity contribution is -0.167. The number of carbonyl (C=O) groups is 3. The molecule has 0 amide bonds. The summed E-state index contributed by atoms with van der Waals surface area (Å²) >= 11 is 0. The van der Waals surface area contributed by atoms with E-state index in [0.29, 0.717) is 19.3 Å². The first-order chi connectivity index (χ1) is 38.0. The summed E-state index contributed by atoms with van der Waals surface area (Å²) in [5, 5.41) is 0. The number of esters is 3. The van der Waals surface area contributed by atoms with E-state index in [-0.39, 0.29) is 31.1 Å². The average Bonchev–Trinajstić information content (AvgIpc) is 3.43. The summed E-state index contributed by atoms with van der Waals surface area (Å²) in [6.45, 7) is 6.54. The van der Waals surface area contributed by atoms with Crippen molar-refractivity contribution in [1.29, 1.82) is 0 Å². The fraction of sp³-hybridized carbons (Fsp3) is 0.761. The first-order valence-electron chi connectivity index (χ1n) is 33.1. The van der Waals surface area contributed by atoms with E-state index in [1.165, 1.54) is 180 Å². The number of allylic oxidation sites excluding steroid dienone is 14. The lowest BCUT2D eigenvalue weighted by Crippen LogP contribution is -2.30. The number of carbonyl (C=O) groups excluding carboxylic acids is 3. The summed E-state index contributed by atoms with van der Waals surface area (Å²) in [7, 11) is 0. The van der Waals surface area contributed by atoms with E-state index in [9.17, 15) is 14.4 Å². The molecule has 77 heavy (non-hydrogen) atoms. The Morgan fingerprint density at radius 1 is 0.273 bits per heavy atom. The van der Waals surface area contributed by atoms with Crippen LogP contribution < -0.4 is 0 Å². The Labute approximate surface area is 477 Å². The SMILES string of the molecule is CC/C=C\C/C=C\C/C=C\C/C=C\CCCCCCCCC(=O)OC(COC(=O)CCCCCCCCCCCCCCC)COC(=O)CCCCCCCCCCCCCC/C=C\C/C=C\C/C=C\CCCCCCC. The second-order valence-corrected chi connectivity index (χ2v) is 22.0. The first kappa shape index (κ1) is 73.6. The molecule has 0 fully saturated rings. The predicted octanol–water partition coefficient (Wildman–Crippen LogP) is 22.7. The molecule has 444 valence electrons. The zero-order valence-corrected chi connectivity index (χ0v) is 51.0. The minimum atomic E-state index is -0.785. The molecule has 0 bridgehead atoms. The van der Waals surface area contributed by atoms with Crippen molar-refractivity contribution < 1.29 is 28.6 Å². The standard InChI is InChI=1S/C71H124O6/c1-4-7-10-13-16-19-22-25-27-29-31-32-33-34-35-36-37-38-40-41-43-46-49-52-55-58-61-64-70(73)76-67-68(66-75-69(72)63-60-57-54-51-48-45-24-21-18-15-12-9-6-3)77-71(74)65-62-59-56-53-50-47-44-42-39-30-28-26-23-20-17-14-11-8-5-2/h8,11,17,20,22,25-26,28-29,31,33-34,39,42,68H,4-7,9-10,12-16,18-19,21,23-24,27,30,32,35-38,40-41,43-67H2,1-3H3/b11-8-,20-17-,25-22-,28-26-,31-29-,34-33-,42-39-. The van der Waals surface area contributed by atoms with Gasteiger partial charge in [-0.25, -0.2) is 0 Å². The van der Waals surface area contributed by atoms with Crippen LogP contribution in [0.2, 0.25) is 0 Å². The van der Waals surface area contributed by atoms with Crippen molar-refractivity contribution in [2.45, 2.75) is 335 Å². The van der Waals surface area contributed by atoms with Gasteiger partial charge in [0.15, 0.2) is 6.10 Å². The van der Waals surface area contributed by atoms with Crippen LogP contribution >= 0.6 is 0 Å². The zero-order valence-electron chi connectivity index (χ0n) is 51.0.